The molecule has 4 N–H and O–H groups in total. The predicted octanol–water partition coefficient (Wildman–Crippen LogP) is 12.0. The van der Waals surface area contributed by atoms with Crippen LogP contribution in [-0.4, -0.2) is 24.3 Å². The molecule has 52 heavy (non-hydrogen) atoms. The van der Waals surface area contributed by atoms with Crippen molar-refractivity contribution in [3.05, 3.63) is 117 Å². The van der Waals surface area contributed by atoms with Crippen molar-refractivity contribution in [3.8, 4) is 23.0 Å². The highest BCUT2D eigenvalue weighted by Gasteiger charge is 2.31. The van der Waals surface area contributed by atoms with Gasteiger partial charge in [-0.05, 0) is 136 Å². The Morgan fingerprint density at radius 1 is 0.596 bits per heavy atom. The van der Waals surface area contributed by atoms with Crippen LogP contribution in [0.5, 0.6) is 23.0 Å². The summed E-state index contributed by atoms with van der Waals surface area (Å²) in [6, 6.07) is 27.8. The van der Waals surface area contributed by atoms with Crippen LogP contribution in [0, 0.1) is 0 Å². The minimum atomic E-state index is -2.38. The van der Waals surface area contributed by atoms with E-state index < -0.39 is 19.3 Å². The van der Waals surface area contributed by atoms with Gasteiger partial charge >= 0.3 is 8.25 Å². The first kappa shape index (κ1) is 41.8. The van der Waals surface area contributed by atoms with E-state index in [2.05, 4.69) is 38.1 Å². The molecule has 0 saturated heterocycles. The van der Waals surface area contributed by atoms with Crippen molar-refractivity contribution in [1.29, 1.82) is 0 Å². The van der Waals surface area contributed by atoms with Crippen LogP contribution in [0.1, 0.15) is 88.5 Å². The van der Waals surface area contributed by atoms with Crippen LogP contribution in [0.2, 0.25) is 10.0 Å². The van der Waals surface area contributed by atoms with E-state index in [1.807, 2.05) is 74.5 Å². The van der Waals surface area contributed by atoms with Crippen molar-refractivity contribution in [2.75, 3.05) is 13.2 Å². The highest BCUT2D eigenvalue weighted by atomic mass is 35.5. The van der Waals surface area contributed by atoms with Crippen molar-refractivity contribution in [2.24, 2.45) is 11.5 Å². The Hall–Kier alpha value is -3.00. The van der Waals surface area contributed by atoms with Gasteiger partial charge < -0.3 is 20.9 Å². The Labute approximate surface area is 321 Å². The minimum absolute atomic E-state index is 0.0868. The molecule has 0 aromatic heterocycles. The Balaban J connectivity index is 1.13. The minimum Gasteiger partial charge on any atom is -0.457 e. The number of nitrogens with two attached hydrogens (primary N) is 2. The molecule has 0 aliphatic carbocycles. The fourth-order valence-corrected chi connectivity index (χ4v) is 7.32. The standard InChI is InChI=1S/C42H54Cl2N2O5P/c1-5-11-31-13-7-17-35(25-31)50-37-21-19-33(39(43)27-37)15-9-23-41(3,45)29-48-52(47)49-30-42(4,46)24-10-16-34-20-22-38(28-40(34)44)51-36-18-8-14-32(26-36)12-6-2/h7-8,13-14,17-22,25-28H,5-6,9-12,15-16,23-24,29-30,45-46H2,1-4H3/q+1/t41-,42-/m1/s1. The zero-order chi connectivity index (χ0) is 37.6. The molecule has 4 aromatic rings. The molecule has 0 spiro atoms. The maximum absolute atomic E-state index is 12.6. The van der Waals surface area contributed by atoms with Gasteiger partial charge in [0.15, 0.2) is 0 Å². The van der Waals surface area contributed by atoms with Crippen molar-refractivity contribution in [3.63, 3.8) is 0 Å². The molecule has 7 nitrogen and oxygen atoms in total. The molecular weight excluding hydrogens is 714 g/mol. The predicted molar refractivity (Wildman–Crippen MR) is 214 cm³/mol. The molecule has 0 unspecified atom stereocenters. The highest BCUT2D eigenvalue weighted by molar-refractivity contribution is 7.33. The molecule has 280 valence electrons. The third-order valence-electron chi connectivity index (χ3n) is 8.78. The van der Waals surface area contributed by atoms with Gasteiger partial charge in [-0.3, -0.25) is 0 Å². The van der Waals surface area contributed by atoms with Gasteiger partial charge in [0.05, 0.1) is 0 Å². The third-order valence-corrected chi connectivity index (χ3v) is 10.2. The van der Waals surface area contributed by atoms with E-state index in [0.29, 0.717) is 34.4 Å². The monoisotopic (exact) mass is 767 g/mol. The summed E-state index contributed by atoms with van der Waals surface area (Å²) in [6.07, 6.45) is 8.51. The van der Waals surface area contributed by atoms with Crippen LogP contribution in [0.3, 0.4) is 0 Å². The lowest BCUT2D eigenvalue weighted by atomic mass is 9.95. The molecule has 2 atom stereocenters. The van der Waals surface area contributed by atoms with Crippen LogP contribution in [0.15, 0.2) is 84.9 Å². The van der Waals surface area contributed by atoms with Gasteiger partial charge in [0.1, 0.15) is 36.2 Å². The molecule has 0 aliphatic rings. The Bertz CT molecular complexity index is 1620. The average molecular weight is 769 g/mol. The van der Waals surface area contributed by atoms with Crippen LogP contribution in [0.25, 0.3) is 0 Å². The number of hydrogen-bond acceptors (Lipinski definition) is 7. The van der Waals surface area contributed by atoms with Gasteiger partial charge in [0.2, 0.25) is 0 Å². The van der Waals surface area contributed by atoms with E-state index in [9.17, 15) is 4.57 Å². The van der Waals surface area contributed by atoms with Crippen LogP contribution in [0.4, 0.5) is 0 Å². The van der Waals surface area contributed by atoms with Gasteiger partial charge in [-0.15, -0.1) is 9.05 Å². The summed E-state index contributed by atoms with van der Waals surface area (Å²) in [6.45, 7) is 8.25. The van der Waals surface area contributed by atoms with E-state index in [1.54, 1.807) is 0 Å². The normalized spacial score (nSPS) is 13.7. The number of benzene rings is 4. The fourth-order valence-electron chi connectivity index (χ4n) is 5.91. The van der Waals surface area contributed by atoms with Crippen molar-refractivity contribution >= 4 is 31.5 Å². The lowest BCUT2D eigenvalue weighted by Crippen LogP contribution is -2.41. The summed E-state index contributed by atoms with van der Waals surface area (Å²) in [5.41, 5.74) is 16.1. The van der Waals surface area contributed by atoms with Crippen LogP contribution >= 0.6 is 31.5 Å². The molecule has 0 aliphatic heterocycles. The Kier molecular flexibility index (Phi) is 16.4. The van der Waals surface area contributed by atoms with Crippen LogP contribution in [-0.2, 0) is 39.3 Å². The molecule has 4 rings (SSSR count). The Morgan fingerprint density at radius 3 is 1.38 bits per heavy atom. The first-order valence-corrected chi connectivity index (χ1v) is 20.1. The summed E-state index contributed by atoms with van der Waals surface area (Å²) >= 11 is 13.2. The lowest BCUT2D eigenvalue weighted by molar-refractivity contribution is 0.156. The quantitative estimate of drug-likeness (QED) is 0.0767. The van der Waals surface area contributed by atoms with Gasteiger partial charge in [-0.2, -0.15) is 0 Å². The molecule has 0 bridgehead atoms. The second-order valence-electron chi connectivity index (χ2n) is 14.3. The topological polar surface area (TPSA) is 106 Å². The van der Waals surface area contributed by atoms with E-state index in [0.717, 1.165) is 74.0 Å². The summed E-state index contributed by atoms with van der Waals surface area (Å²) in [4.78, 5) is 0. The average Bonchev–Trinajstić information content (AvgIpc) is 3.09. The molecule has 0 heterocycles. The van der Waals surface area contributed by atoms with E-state index in [4.69, 9.17) is 53.2 Å². The zero-order valence-electron chi connectivity index (χ0n) is 31.0. The molecule has 0 fully saturated rings. The maximum Gasteiger partial charge on any atom is 0.697 e. The summed E-state index contributed by atoms with van der Waals surface area (Å²) in [7, 11) is -2.38. The second-order valence-corrected chi connectivity index (χ2v) is 16.1. The van der Waals surface area contributed by atoms with E-state index in [-0.39, 0.29) is 13.2 Å². The van der Waals surface area contributed by atoms with Crippen molar-refractivity contribution < 1.29 is 23.1 Å². The second kappa shape index (κ2) is 20.5. The first-order valence-electron chi connectivity index (χ1n) is 18.3. The highest BCUT2D eigenvalue weighted by Crippen LogP contribution is 2.32. The number of hydrogen-bond donors (Lipinski definition) is 2. The van der Waals surface area contributed by atoms with Crippen molar-refractivity contribution in [1.82, 2.24) is 0 Å². The van der Waals surface area contributed by atoms with E-state index >= 15 is 0 Å². The van der Waals surface area contributed by atoms with Gasteiger partial charge in [0, 0.05) is 25.7 Å². The molecule has 4 aromatic carbocycles. The summed E-state index contributed by atoms with van der Waals surface area (Å²) in [5.74, 6) is 2.99. The molecule has 0 saturated carbocycles. The SMILES string of the molecule is CCCc1cccc(Oc2ccc(CCC[C@@](C)(N)CO[P+](=O)OC[C@](C)(N)CCCc3ccc(Oc4cccc(CCC)c4)cc3Cl)c(Cl)c2)c1. The van der Waals surface area contributed by atoms with E-state index in [1.165, 1.54) is 11.1 Å². The van der Waals surface area contributed by atoms with Gasteiger partial charge in [-0.1, -0.05) is 86.3 Å². The van der Waals surface area contributed by atoms with Crippen LogP contribution < -0.4 is 20.9 Å². The number of rotatable bonds is 22. The van der Waals surface area contributed by atoms with Gasteiger partial charge in [-0.25, -0.2) is 0 Å². The largest absolute Gasteiger partial charge is 0.697 e. The molecular formula is C42H54Cl2N2O5P+. The Morgan fingerprint density at radius 2 is 1.00 bits per heavy atom. The summed E-state index contributed by atoms with van der Waals surface area (Å²) < 4.78 is 35.7. The number of halogens is 2. The molecule has 0 radical (unpaired) electrons. The molecule has 0 amide bonds. The fraction of sp³-hybridized carbons (Fsp3) is 0.429. The zero-order valence-corrected chi connectivity index (χ0v) is 33.4. The number of ether oxygens (including phenoxy) is 2. The third kappa shape index (κ3) is 14.4. The lowest BCUT2D eigenvalue weighted by Gasteiger charge is -2.22. The van der Waals surface area contributed by atoms with Gasteiger partial charge in [0.25, 0.3) is 0 Å². The smallest absolute Gasteiger partial charge is 0.457 e. The maximum atomic E-state index is 12.6. The van der Waals surface area contributed by atoms with Crippen molar-refractivity contribution in [2.45, 2.75) is 103 Å². The molecule has 10 heteroatoms. The number of aryl methyl sites for hydroxylation is 4. The first-order chi connectivity index (χ1) is 24.8. The summed E-state index contributed by atoms with van der Waals surface area (Å²) in [5, 5.41) is 1.29.